The SMILES string of the molecule is CCNC(=NCc1ccc(Cn2ccccc2=O)cc1)NCCc1ccc(Cl)nc1.I. The maximum Gasteiger partial charge on any atom is 0.250 e. The normalized spacial score (nSPS) is 11.0. The van der Waals surface area contributed by atoms with Gasteiger partial charge in [-0.2, -0.15) is 0 Å². The summed E-state index contributed by atoms with van der Waals surface area (Å²) < 4.78 is 1.69. The van der Waals surface area contributed by atoms with Gasteiger partial charge in [-0.05, 0) is 42.2 Å². The first kappa shape index (κ1) is 24.9. The fraction of sp³-hybridized carbons (Fsp3) is 0.261. The standard InChI is InChI=1S/C23H26ClN5O.HI/c1-2-25-23(26-13-12-19-10-11-21(24)27-15-19)28-16-18-6-8-20(9-7-18)17-29-14-4-3-5-22(29)30;/h3-11,14-15H,2,12-13,16-17H2,1H3,(H2,25,26,28);1H. The van der Waals surface area contributed by atoms with Gasteiger partial charge in [0.1, 0.15) is 5.15 Å². The molecular weight excluding hydrogens is 525 g/mol. The number of nitrogens with one attached hydrogen (secondary N) is 2. The molecule has 164 valence electrons. The van der Waals surface area contributed by atoms with Crippen LogP contribution in [0.15, 0.2) is 76.8 Å². The number of aliphatic imine (C=N–C) groups is 1. The van der Waals surface area contributed by atoms with E-state index in [1.807, 2.05) is 31.2 Å². The van der Waals surface area contributed by atoms with E-state index < -0.39 is 0 Å². The van der Waals surface area contributed by atoms with Crippen LogP contribution >= 0.6 is 35.6 Å². The lowest BCUT2D eigenvalue weighted by atomic mass is 10.1. The van der Waals surface area contributed by atoms with Gasteiger partial charge in [-0.3, -0.25) is 4.79 Å². The van der Waals surface area contributed by atoms with Crippen LogP contribution in [0.5, 0.6) is 0 Å². The smallest absolute Gasteiger partial charge is 0.250 e. The molecule has 0 aliphatic rings. The van der Waals surface area contributed by atoms with Crippen molar-refractivity contribution in [3.05, 3.63) is 99.2 Å². The van der Waals surface area contributed by atoms with Crippen molar-refractivity contribution in [2.75, 3.05) is 13.1 Å². The summed E-state index contributed by atoms with van der Waals surface area (Å²) in [6, 6.07) is 17.1. The van der Waals surface area contributed by atoms with Gasteiger partial charge in [0.05, 0.1) is 13.1 Å². The van der Waals surface area contributed by atoms with Crippen LogP contribution in [0.25, 0.3) is 0 Å². The molecule has 0 bridgehead atoms. The molecule has 0 unspecified atom stereocenters. The molecule has 31 heavy (non-hydrogen) atoms. The highest BCUT2D eigenvalue weighted by molar-refractivity contribution is 14.0. The highest BCUT2D eigenvalue weighted by atomic mass is 127. The summed E-state index contributed by atoms with van der Waals surface area (Å²) in [5.41, 5.74) is 3.31. The maximum absolute atomic E-state index is 11.8. The molecule has 1 aromatic carbocycles. The molecule has 0 amide bonds. The summed E-state index contributed by atoms with van der Waals surface area (Å²) in [6.07, 6.45) is 4.43. The summed E-state index contributed by atoms with van der Waals surface area (Å²) in [5.74, 6) is 0.777. The predicted molar refractivity (Wildman–Crippen MR) is 137 cm³/mol. The minimum Gasteiger partial charge on any atom is -0.357 e. The second kappa shape index (κ2) is 13.1. The largest absolute Gasteiger partial charge is 0.357 e. The number of rotatable bonds is 8. The van der Waals surface area contributed by atoms with Crippen LogP contribution in [0.4, 0.5) is 0 Å². The fourth-order valence-electron chi connectivity index (χ4n) is 2.93. The number of aromatic nitrogens is 2. The molecule has 0 saturated heterocycles. The van der Waals surface area contributed by atoms with Crippen LogP contribution in [-0.2, 0) is 19.5 Å². The number of halogens is 2. The molecule has 0 atom stereocenters. The Bertz CT molecular complexity index is 1020. The lowest BCUT2D eigenvalue weighted by molar-refractivity contribution is 0.759. The molecule has 2 heterocycles. The first-order chi connectivity index (χ1) is 14.6. The second-order valence-corrected chi connectivity index (χ2v) is 7.23. The highest BCUT2D eigenvalue weighted by Gasteiger charge is 2.01. The van der Waals surface area contributed by atoms with E-state index in [0.717, 1.165) is 42.2 Å². The van der Waals surface area contributed by atoms with Gasteiger partial charge >= 0.3 is 0 Å². The second-order valence-electron chi connectivity index (χ2n) is 6.84. The number of hydrogen-bond donors (Lipinski definition) is 2. The Balaban J connectivity index is 0.00000341. The average molecular weight is 552 g/mol. The number of nitrogens with zero attached hydrogens (tertiary/aromatic N) is 3. The molecule has 6 nitrogen and oxygen atoms in total. The molecule has 0 aliphatic carbocycles. The van der Waals surface area contributed by atoms with E-state index in [1.165, 1.54) is 0 Å². The van der Waals surface area contributed by atoms with Crippen molar-refractivity contribution >= 4 is 41.5 Å². The minimum absolute atomic E-state index is 0. The third kappa shape index (κ3) is 8.34. The van der Waals surface area contributed by atoms with E-state index in [0.29, 0.717) is 18.2 Å². The first-order valence-electron chi connectivity index (χ1n) is 10.00. The first-order valence-corrected chi connectivity index (χ1v) is 10.4. The molecular formula is C23H27ClIN5O. The van der Waals surface area contributed by atoms with E-state index in [-0.39, 0.29) is 29.5 Å². The van der Waals surface area contributed by atoms with Gasteiger partial charge in [0.2, 0.25) is 0 Å². The van der Waals surface area contributed by atoms with Crippen LogP contribution in [0.2, 0.25) is 5.15 Å². The third-order valence-electron chi connectivity index (χ3n) is 4.53. The topological polar surface area (TPSA) is 71.3 Å². The van der Waals surface area contributed by atoms with Gasteiger partial charge < -0.3 is 15.2 Å². The van der Waals surface area contributed by atoms with E-state index in [9.17, 15) is 4.79 Å². The lowest BCUT2D eigenvalue weighted by Crippen LogP contribution is -2.38. The van der Waals surface area contributed by atoms with E-state index in [2.05, 4.69) is 32.7 Å². The Labute approximate surface area is 204 Å². The van der Waals surface area contributed by atoms with Crippen molar-refractivity contribution in [1.82, 2.24) is 20.2 Å². The van der Waals surface area contributed by atoms with Crippen LogP contribution < -0.4 is 16.2 Å². The van der Waals surface area contributed by atoms with Crippen molar-refractivity contribution in [3.63, 3.8) is 0 Å². The number of benzene rings is 1. The molecule has 8 heteroatoms. The van der Waals surface area contributed by atoms with Crippen LogP contribution in [0, 0.1) is 0 Å². The molecule has 0 spiro atoms. The van der Waals surface area contributed by atoms with Crippen LogP contribution in [-0.4, -0.2) is 28.6 Å². The number of hydrogen-bond acceptors (Lipinski definition) is 3. The van der Waals surface area contributed by atoms with Gasteiger partial charge in [0, 0.05) is 31.5 Å². The Kier molecular flexibility index (Phi) is 10.5. The Hall–Kier alpha value is -2.39. The van der Waals surface area contributed by atoms with E-state index in [4.69, 9.17) is 11.6 Å². The molecule has 0 aliphatic heterocycles. The summed E-state index contributed by atoms with van der Waals surface area (Å²) in [6.45, 7) is 4.72. The molecule has 2 aromatic heterocycles. The lowest BCUT2D eigenvalue weighted by Gasteiger charge is -2.11. The Morgan fingerprint density at radius 2 is 1.77 bits per heavy atom. The van der Waals surface area contributed by atoms with E-state index >= 15 is 0 Å². The minimum atomic E-state index is 0. The maximum atomic E-state index is 11.8. The number of guanidine groups is 1. The molecule has 0 fully saturated rings. The van der Waals surface area contributed by atoms with Crippen LogP contribution in [0.1, 0.15) is 23.6 Å². The molecule has 3 rings (SSSR count). The van der Waals surface area contributed by atoms with E-state index in [1.54, 1.807) is 35.2 Å². The number of pyridine rings is 2. The quantitative estimate of drug-likeness (QED) is 0.193. The summed E-state index contributed by atoms with van der Waals surface area (Å²) in [4.78, 5) is 20.6. The monoisotopic (exact) mass is 551 g/mol. The van der Waals surface area contributed by atoms with Crippen molar-refractivity contribution in [2.24, 2.45) is 4.99 Å². The zero-order valence-corrected chi connectivity index (χ0v) is 20.5. The Morgan fingerprint density at radius 1 is 1.03 bits per heavy atom. The van der Waals surface area contributed by atoms with Crippen molar-refractivity contribution in [2.45, 2.75) is 26.4 Å². The van der Waals surface area contributed by atoms with Gasteiger partial charge in [-0.1, -0.05) is 48.0 Å². The fourth-order valence-corrected chi connectivity index (χ4v) is 3.04. The summed E-state index contributed by atoms with van der Waals surface area (Å²) >= 11 is 5.82. The van der Waals surface area contributed by atoms with Crippen LogP contribution in [0.3, 0.4) is 0 Å². The summed E-state index contributed by atoms with van der Waals surface area (Å²) in [5, 5.41) is 7.11. The molecule has 0 saturated carbocycles. The summed E-state index contributed by atoms with van der Waals surface area (Å²) in [7, 11) is 0. The Morgan fingerprint density at radius 3 is 2.45 bits per heavy atom. The van der Waals surface area contributed by atoms with Crippen molar-refractivity contribution in [3.8, 4) is 0 Å². The highest BCUT2D eigenvalue weighted by Crippen LogP contribution is 2.07. The predicted octanol–water partition coefficient (Wildman–Crippen LogP) is 3.86. The zero-order valence-electron chi connectivity index (χ0n) is 17.4. The molecule has 0 radical (unpaired) electrons. The van der Waals surface area contributed by atoms with Gasteiger partial charge in [-0.15, -0.1) is 24.0 Å². The van der Waals surface area contributed by atoms with Crippen molar-refractivity contribution in [1.29, 1.82) is 0 Å². The average Bonchev–Trinajstić information content (AvgIpc) is 2.76. The molecule has 2 N–H and O–H groups in total. The van der Waals surface area contributed by atoms with Gasteiger partial charge in [-0.25, -0.2) is 9.98 Å². The van der Waals surface area contributed by atoms with Gasteiger partial charge in [0.25, 0.3) is 5.56 Å². The molecule has 3 aromatic rings. The zero-order chi connectivity index (χ0) is 21.2. The van der Waals surface area contributed by atoms with Gasteiger partial charge in [0.15, 0.2) is 5.96 Å². The third-order valence-corrected chi connectivity index (χ3v) is 4.76. The van der Waals surface area contributed by atoms with Crippen molar-refractivity contribution < 1.29 is 0 Å².